The third-order valence-corrected chi connectivity index (χ3v) is 3.81. The van der Waals surface area contributed by atoms with Crippen LogP contribution in [0, 0.1) is 0 Å². The average Bonchev–Trinajstić information content (AvgIpc) is 2.38. The van der Waals surface area contributed by atoms with Crippen LogP contribution in [0.5, 0.6) is 0 Å². The van der Waals surface area contributed by atoms with Gasteiger partial charge in [-0.1, -0.05) is 38.0 Å². The van der Waals surface area contributed by atoms with E-state index in [0.29, 0.717) is 0 Å². The zero-order chi connectivity index (χ0) is 12.1. The van der Waals surface area contributed by atoms with Crippen molar-refractivity contribution in [3.63, 3.8) is 0 Å². The minimum Gasteiger partial charge on any atom is -0.353 e. The molecule has 94 valence electrons. The summed E-state index contributed by atoms with van der Waals surface area (Å²) in [5, 5.41) is 0. The number of para-hydroxylation sites is 1. The van der Waals surface area contributed by atoms with Crippen LogP contribution in [0.15, 0.2) is 30.3 Å². The second-order valence-corrected chi connectivity index (χ2v) is 5.15. The Morgan fingerprint density at radius 1 is 1.24 bits per heavy atom. The first-order valence-electron chi connectivity index (χ1n) is 6.88. The van der Waals surface area contributed by atoms with Crippen LogP contribution in [0.4, 0.5) is 5.69 Å². The minimum atomic E-state index is -0.115. The lowest BCUT2D eigenvalue weighted by molar-refractivity contribution is 0.289. The molecule has 1 heterocycles. The maximum Gasteiger partial charge on any atom is 0.0883 e. The van der Waals surface area contributed by atoms with Gasteiger partial charge in [0.1, 0.15) is 0 Å². The fraction of sp³-hybridized carbons (Fsp3) is 0.600. The molecule has 1 atom stereocenters. The highest BCUT2D eigenvalue weighted by molar-refractivity contribution is 5.49. The monoisotopic (exact) mass is 232 g/mol. The van der Waals surface area contributed by atoms with Crippen LogP contribution >= 0.6 is 0 Å². The second kappa shape index (κ2) is 5.54. The van der Waals surface area contributed by atoms with Crippen LogP contribution in [-0.4, -0.2) is 12.2 Å². The van der Waals surface area contributed by atoms with Gasteiger partial charge in [0.25, 0.3) is 0 Å². The van der Waals surface area contributed by atoms with Gasteiger partial charge in [0.15, 0.2) is 0 Å². The number of unbranched alkanes of at least 4 members (excludes halogenated alkanes) is 1. The lowest BCUT2D eigenvalue weighted by Gasteiger charge is -2.46. The Balaban J connectivity index is 2.17. The molecular weight excluding hydrogens is 208 g/mol. The van der Waals surface area contributed by atoms with E-state index in [1.165, 1.54) is 31.4 Å². The molecule has 17 heavy (non-hydrogen) atoms. The Morgan fingerprint density at radius 2 is 2.00 bits per heavy atom. The summed E-state index contributed by atoms with van der Waals surface area (Å²) in [5.74, 6) is 0. The van der Waals surface area contributed by atoms with Crippen molar-refractivity contribution in [1.82, 2.24) is 0 Å². The van der Waals surface area contributed by atoms with Gasteiger partial charge in [-0.05, 0) is 37.8 Å². The number of rotatable bonds is 4. The minimum absolute atomic E-state index is 0.115. The van der Waals surface area contributed by atoms with E-state index in [-0.39, 0.29) is 5.66 Å². The van der Waals surface area contributed by atoms with Gasteiger partial charge in [-0.2, -0.15) is 0 Å². The molecule has 0 spiro atoms. The number of nitrogens with two attached hydrogens (primary N) is 1. The fourth-order valence-electron chi connectivity index (χ4n) is 2.80. The van der Waals surface area contributed by atoms with E-state index in [1.54, 1.807) is 0 Å². The first-order chi connectivity index (χ1) is 8.26. The largest absolute Gasteiger partial charge is 0.353 e. The highest BCUT2D eigenvalue weighted by Crippen LogP contribution is 2.32. The van der Waals surface area contributed by atoms with Crippen molar-refractivity contribution in [3.8, 4) is 0 Å². The van der Waals surface area contributed by atoms with Crippen LogP contribution in [-0.2, 0) is 0 Å². The first-order valence-corrected chi connectivity index (χ1v) is 6.88. The Labute approximate surface area is 105 Å². The molecule has 0 saturated carbocycles. The molecule has 1 aliphatic heterocycles. The molecule has 0 amide bonds. The van der Waals surface area contributed by atoms with Gasteiger partial charge in [0.2, 0.25) is 0 Å². The van der Waals surface area contributed by atoms with Crippen molar-refractivity contribution in [3.05, 3.63) is 30.3 Å². The van der Waals surface area contributed by atoms with E-state index in [2.05, 4.69) is 42.2 Å². The zero-order valence-corrected chi connectivity index (χ0v) is 10.9. The van der Waals surface area contributed by atoms with Crippen molar-refractivity contribution >= 4 is 5.69 Å². The van der Waals surface area contributed by atoms with Crippen LogP contribution in [0.3, 0.4) is 0 Å². The zero-order valence-electron chi connectivity index (χ0n) is 10.9. The van der Waals surface area contributed by atoms with E-state index >= 15 is 0 Å². The summed E-state index contributed by atoms with van der Waals surface area (Å²) in [5.41, 5.74) is 7.82. The summed E-state index contributed by atoms with van der Waals surface area (Å²) in [7, 11) is 0. The highest BCUT2D eigenvalue weighted by Gasteiger charge is 2.34. The van der Waals surface area contributed by atoms with E-state index in [1.807, 2.05) is 0 Å². The topological polar surface area (TPSA) is 29.3 Å². The molecule has 2 N–H and O–H groups in total. The van der Waals surface area contributed by atoms with Gasteiger partial charge in [0.05, 0.1) is 5.66 Å². The second-order valence-electron chi connectivity index (χ2n) is 5.15. The van der Waals surface area contributed by atoms with Crippen molar-refractivity contribution < 1.29 is 0 Å². The quantitative estimate of drug-likeness (QED) is 0.860. The number of hydrogen-bond donors (Lipinski definition) is 1. The highest BCUT2D eigenvalue weighted by atomic mass is 15.3. The maximum atomic E-state index is 6.65. The van der Waals surface area contributed by atoms with Crippen LogP contribution in [0.2, 0.25) is 0 Å². The van der Waals surface area contributed by atoms with Crippen LogP contribution < -0.4 is 10.6 Å². The summed E-state index contributed by atoms with van der Waals surface area (Å²) in [6.45, 7) is 3.34. The normalized spacial score (nSPS) is 24.9. The molecule has 0 radical (unpaired) electrons. The van der Waals surface area contributed by atoms with E-state index in [9.17, 15) is 0 Å². The molecule has 2 nitrogen and oxygen atoms in total. The smallest absolute Gasteiger partial charge is 0.0883 e. The number of piperidine rings is 1. The molecule has 1 aromatic rings. The van der Waals surface area contributed by atoms with Gasteiger partial charge in [0, 0.05) is 12.2 Å². The molecule has 1 saturated heterocycles. The number of hydrogen-bond acceptors (Lipinski definition) is 2. The molecule has 2 heteroatoms. The third kappa shape index (κ3) is 2.81. The molecule has 1 unspecified atom stereocenters. The van der Waals surface area contributed by atoms with Gasteiger partial charge >= 0.3 is 0 Å². The maximum absolute atomic E-state index is 6.65. The van der Waals surface area contributed by atoms with Crippen molar-refractivity contribution in [2.24, 2.45) is 5.73 Å². The van der Waals surface area contributed by atoms with Gasteiger partial charge in [-0.3, -0.25) is 0 Å². The van der Waals surface area contributed by atoms with Crippen molar-refractivity contribution in [2.45, 2.75) is 51.1 Å². The molecule has 0 aromatic heterocycles. The van der Waals surface area contributed by atoms with E-state index in [0.717, 1.165) is 19.4 Å². The Morgan fingerprint density at radius 3 is 2.71 bits per heavy atom. The van der Waals surface area contributed by atoms with Gasteiger partial charge in [-0.15, -0.1) is 0 Å². The Hall–Kier alpha value is -1.02. The SMILES string of the molecule is CCCCC1(N)CCCCN1c1ccccc1. The summed E-state index contributed by atoms with van der Waals surface area (Å²) >= 11 is 0. The number of nitrogens with zero attached hydrogens (tertiary/aromatic N) is 1. The van der Waals surface area contributed by atoms with E-state index < -0.39 is 0 Å². The first kappa shape index (κ1) is 12.4. The van der Waals surface area contributed by atoms with Crippen LogP contribution in [0.25, 0.3) is 0 Å². The molecule has 1 fully saturated rings. The predicted molar refractivity (Wildman–Crippen MR) is 74.1 cm³/mol. The fourth-order valence-corrected chi connectivity index (χ4v) is 2.80. The molecule has 2 rings (SSSR count). The lowest BCUT2D eigenvalue weighted by atomic mass is 9.90. The Bertz CT molecular complexity index is 336. The predicted octanol–water partition coefficient (Wildman–Crippen LogP) is 3.52. The number of anilines is 1. The van der Waals surface area contributed by atoms with Crippen molar-refractivity contribution in [2.75, 3.05) is 11.4 Å². The van der Waals surface area contributed by atoms with Gasteiger partial charge < -0.3 is 10.6 Å². The van der Waals surface area contributed by atoms with E-state index in [4.69, 9.17) is 5.73 Å². The summed E-state index contributed by atoms with van der Waals surface area (Å²) in [6.07, 6.45) is 7.21. The molecule has 0 bridgehead atoms. The molecular formula is C15H24N2. The average molecular weight is 232 g/mol. The number of benzene rings is 1. The lowest BCUT2D eigenvalue weighted by Crippen LogP contribution is -2.58. The Kier molecular flexibility index (Phi) is 4.06. The van der Waals surface area contributed by atoms with Gasteiger partial charge in [-0.25, -0.2) is 0 Å². The summed E-state index contributed by atoms with van der Waals surface area (Å²) in [4.78, 5) is 2.42. The molecule has 1 aliphatic rings. The third-order valence-electron chi connectivity index (χ3n) is 3.81. The van der Waals surface area contributed by atoms with Crippen molar-refractivity contribution in [1.29, 1.82) is 0 Å². The molecule has 1 aromatic carbocycles. The summed E-state index contributed by atoms with van der Waals surface area (Å²) < 4.78 is 0. The van der Waals surface area contributed by atoms with Crippen LogP contribution in [0.1, 0.15) is 45.4 Å². The molecule has 0 aliphatic carbocycles. The standard InChI is InChI=1S/C15H24N2/c1-2-3-11-15(16)12-7-8-13-17(15)14-9-5-4-6-10-14/h4-6,9-10H,2-3,7-8,11-13,16H2,1H3. The summed E-state index contributed by atoms with van der Waals surface area (Å²) in [6, 6.07) is 10.6.